The fraction of sp³-hybridized carbons (Fsp3) is 0.261. The molecule has 4 rings (SSSR count). The van der Waals surface area contributed by atoms with Crippen LogP contribution in [0.5, 0.6) is 0 Å². The van der Waals surface area contributed by atoms with E-state index in [9.17, 15) is 9.18 Å². The van der Waals surface area contributed by atoms with Crippen LogP contribution in [0.25, 0.3) is 5.69 Å². The van der Waals surface area contributed by atoms with E-state index in [4.69, 9.17) is 5.73 Å². The molecule has 150 valence electrons. The first-order valence-electron chi connectivity index (χ1n) is 9.92. The zero-order valence-corrected chi connectivity index (χ0v) is 16.9. The van der Waals surface area contributed by atoms with Crippen molar-refractivity contribution >= 4 is 23.4 Å². The molecule has 6 heteroatoms. The molecule has 1 saturated carbocycles. The van der Waals surface area contributed by atoms with Crippen molar-refractivity contribution in [3.8, 4) is 5.69 Å². The van der Waals surface area contributed by atoms with Gasteiger partial charge in [-0.05, 0) is 55.3 Å². The second kappa shape index (κ2) is 8.74. The average Bonchev–Trinajstić information content (AvgIpc) is 3.18. The van der Waals surface area contributed by atoms with Gasteiger partial charge < -0.3 is 15.6 Å². The maximum atomic E-state index is 14.1. The highest BCUT2D eigenvalue weighted by molar-refractivity contribution is 7.99. The van der Waals surface area contributed by atoms with Crippen LogP contribution < -0.4 is 11.1 Å². The third-order valence-corrected chi connectivity index (χ3v) is 6.37. The summed E-state index contributed by atoms with van der Waals surface area (Å²) in [4.78, 5) is 12.5. The predicted octanol–water partition coefficient (Wildman–Crippen LogP) is 5.61. The molecule has 0 atom stereocenters. The van der Waals surface area contributed by atoms with Gasteiger partial charge in [-0.1, -0.05) is 43.2 Å². The Hall–Kier alpha value is -2.73. The Morgan fingerprint density at radius 2 is 1.86 bits per heavy atom. The molecule has 1 aliphatic carbocycles. The lowest BCUT2D eigenvalue weighted by atomic mass is 9.95. The van der Waals surface area contributed by atoms with Crippen molar-refractivity contribution in [3.63, 3.8) is 0 Å². The van der Waals surface area contributed by atoms with E-state index in [0.717, 1.165) is 29.2 Å². The number of hydrogen-bond donors (Lipinski definition) is 2. The zero-order chi connectivity index (χ0) is 20.2. The van der Waals surface area contributed by atoms with Crippen LogP contribution in [0.1, 0.15) is 42.5 Å². The van der Waals surface area contributed by atoms with Gasteiger partial charge in [0.25, 0.3) is 5.91 Å². The second-order valence-corrected chi connectivity index (χ2v) is 8.38. The molecule has 1 aromatic heterocycles. The van der Waals surface area contributed by atoms with Gasteiger partial charge in [0.15, 0.2) is 0 Å². The normalized spacial score (nSPS) is 14.7. The molecule has 1 fully saturated rings. The molecule has 0 spiro atoms. The summed E-state index contributed by atoms with van der Waals surface area (Å²) in [7, 11) is 0. The van der Waals surface area contributed by atoms with Crippen molar-refractivity contribution < 1.29 is 9.18 Å². The molecular formula is C23H24FN3OS. The first-order valence-corrected chi connectivity index (χ1v) is 10.7. The van der Waals surface area contributed by atoms with Gasteiger partial charge >= 0.3 is 0 Å². The Balaban J connectivity index is 1.65. The van der Waals surface area contributed by atoms with E-state index >= 15 is 0 Å². The van der Waals surface area contributed by atoms with E-state index in [1.165, 1.54) is 37.1 Å². The molecule has 0 radical (unpaired) electrons. The maximum absolute atomic E-state index is 14.1. The Bertz CT molecular complexity index is 1010. The number of halogens is 1. The van der Waals surface area contributed by atoms with Crippen molar-refractivity contribution in [1.82, 2.24) is 4.57 Å². The van der Waals surface area contributed by atoms with Crippen LogP contribution in [-0.2, 0) is 0 Å². The topological polar surface area (TPSA) is 60.1 Å². The SMILES string of the molecule is NC(=O)c1ccc(-n2cccc2Sc2ccccc2F)cc1NC1CCCCC1. The third-order valence-electron chi connectivity index (χ3n) is 5.27. The lowest BCUT2D eigenvalue weighted by molar-refractivity contribution is 0.100. The Morgan fingerprint density at radius 3 is 2.62 bits per heavy atom. The fourth-order valence-corrected chi connectivity index (χ4v) is 4.73. The summed E-state index contributed by atoms with van der Waals surface area (Å²) >= 11 is 1.37. The molecule has 0 aliphatic heterocycles. The quantitative estimate of drug-likeness (QED) is 0.556. The second-order valence-electron chi connectivity index (χ2n) is 7.32. The molecule has 1 aliphatic rings. The molecule has 1 heterocycles. The highest BCUT2D eigenvalue weighted by Crippen LogP contribution is 2.33. The predicted molar refractivity (Wildman–Crippen MR) is 115 cm³/mol. The van der Waals surface area contributed by atoms with Crippen LogP contribution >= 0.6 is 11.8 Å². The number of primary amides is 1. The number of rotatable bonds is 6. The van der Waals surface area contributed by atoms with Gasteiger partial charge in [0.1, 0.15) is 5.82 Å². The number of hydrogen-bond acceptors (Lipinski definition) is 3. The van der Waals surface area contributed by atoms with Gasteiger partial charge in [-0.25, -0.2) is 4.39 Å². The van der Waals surface area contributed by atoms with Crippen LogP contribution in [0.4, 0.5) is 10.1 Å². The van der Waals surface area contributed by atoms with Crippen LogP contribution in [0, 0.1) is 5.82 Å². The van der Waals surface area contributed by atoms with Gasteiger partial charge in [-0.3, -0.25) is 4.79 Å². The lowest BCUT2D eigenvalue weighted by Gasteiger charge is -2.25. The monoisotopic (exact) mass is 409 g/mol. The standard InChI is InChI=1S/C23H24FN3OS/c24-19-9-4-5-10-21(19)29-22-11-6-14-27(22)17-12-13-18(23(25)28)20(15-17)26-16-7-2-1-3-8-16/h4-6,9-16,26H,1-3,7-8H2,(H2,25,28). The van der Waals surface area contributed by atoms with Crippen molar-refractivity contribution in [2.75, 3.05) is 5.32 Å². The first kappa shape index (κ1) is 19.6. The van der Waals surface area contributed by atoms with Crippen LogP contribution in [0.3, 0.4) is 0 Å². The highest BCUT2D eigenvalue weighted by atomic mass is 32.2. The van der Waals surface area contributed by atoms with Gasteiger partial charge in [0.2, 0.25) is 0 Å². The largest absolute Gasteiger partial charge is 0.382 e. The van der Waals surface area contributed by atoms with E-state index in [1.807, 2.05) is 41.1 Å². The summed E-state index contributed by atoms with van der Waals surface area (Å²) in [6.45, 7) is 0. The molecule has 0 saturated heterocycles. The van der Waals surface area contributed by atoms with Crippen molar-refractivity contribution in [2.24, 2.45) is 5.73 Å². The van der Waals surface area contributed by atoms with Crippen molar-refractivity contribution in [3.05, 3.63) is 72.2 Å². The summed E-state index contributed by atoms with van der Waals surface area (Å²) in [6.07, 6.45) is 7.79. The number of nitrogens with zero attached hydrogens (tertiary/aromatic N) is 1. The average molecular weight is 410 g/mol. The van der Waals surface area contributed by atoms with Crippen molar-refractivity contribution in [2.45, 2.75) is 48.1 Å². The minimum atomic E-state index is -0.441. The number of carbonyl (C=O) groups is 1. The molecule has 2 aromatic carbocycles. The van der Waals surface area contributed by atoms with E-state index < -0.39 is 5.91 Å². The molecule has 0 unspecified atom stereocenters. The molecule has 0 bridgehead atoms. The van der Waals surface area contributed by atoms with Crippen LogP contribution in [0.2, 0.25) is 0 Å². The summed E-state index contributed by atoms with van der Waals surface area (Å²) in [5.74, 6) is -0.683. The first-order chi connectivity index (χ1) is 14.1. The van der Waals surface area contributed by atoms with E-state index in [-0.39, 0.29) is 5.82 Å². The van der Waals surface area contributed by atoms with Gasteiger partial charge in [0.05, 0.1) is 10.6 Å². The number of aromatic nitrogens is 1. The van der Waals surface area contributed by atoms with Gasteiger partial charge in [0, 0.05) is 28.5 Å². The van der Waals surface area contributed by atoms with Gasteiger partial charge in [-0.15, -0.1) is 0 Å². The number of nitrogens with one attached hydrogen (secondary N) is 1. The highest BCUT2D eigenvalue weighted by Gasteiger charge is 2.17. The smallest absolute Gasteiger partial charge is 0.250 e. The lowest BCUT2D eigenvalue weighted by Crippen LogP contribution is -2.24. The number of anilines is 1. The molecule has 4 nitrogen and oxygen atoms in total. The summed E-state index contributed by atoms with van der Waals surface area (Å²) in [5.41, 5.74) is 7.76. The molecule has 3 aromatic rings. The fourth-order valence-electron chi connectivity index (χ4n) is 3.79. The Labute approximate surface area is 174 Å². The minimum absolute atomic E-state index is 0.242. The number of nitrogens with two attached hydrogens (primary N) is 1. The summed E-state index contributed by atoms with van der Waals surface area (Å²) in [5, 5.41) is 4.42. The number of amides is 1. The number of carbonyl (C=O) groups excluding carboxylic acids is 1. The zero-order valence-electron chi connectivity index (χ0n) is 16.1. The molecule has 29 heavy (non-hydrogen) atoms. The minimum Gasteiger partial charge on any atom is -0.382 e. The van der Waals surface area contributed by atoms with Gasteiger partial charge in [-0.2, -0.15) is 0 Å². The van der Waals surface area contributed by atoms with Crippen LogP contribution in [-0.4, -0.2) is 16.5 Å². The number of benzene rings is 2. The maximum Gasteiger partial charge on any atom is 0.250 e. The Kier molecular flexibility index (Phi) is 5.90. The third kappa shape index (κ3) is 4.48. The molecular weight excluding hydrogens is 385 g/mol. The molecule has 1 amide bonds. The van der Waals surface area contributed by atoms with E-state index in [0.29, 0.717) is 16.5 Å². The summed E-state index contributed by atoms with van der Waals surface area (Å²) in [6, 6.07) is 16.6. The van der Waals surface area contributed by atoms with Crippen molar-refractivity contribution in [1.29, 1.82) is 0 Å². The summed E-state index contributed by atoms with van der Waals surface area (Å²) < 4.78 is 16.1. The van der Waals surface area contributed by atoms with E-state index in [2.05, 4.69) is 5.32 Å². The van der Waals surface area contributed by atoms with E-state index in [1.54, 1.807) is 18.2 Å². The molecule has 3 N–H and O–H groups in total. The Morgan fingerprint density at radius 1 is 1.07 bits per heavy atom. The van der Waals surface area contributed by atoms with Crippen LogP contribution in [0.15, 0.2) is 70.7 Å².